The summed E-state index contributed by atoms with van der Waals surface area (Å²) in [5.41, 5.74) is 6.84. The van der Waals surface area contributed by atoms with Crippen LogP contribution in [0.15, 0.2) is 46.9 Å². The molecule has 1 heterocycles. The molecule has 2 aromatic rings. The van der Waals surface area contributed by atoms with Crippen LogP contribution in [0.25, 0.3) is 0 Å². The van der Waals surface area contributed by atoms with Gasteiger partial charge in [-0.2, -0.15) is 0 Å². The molecule has 0 bridgehead atoms. The number of aromatic nitrogens is 1. The number of benzene rings is 1. The molecule has 1 aromatic heterocycles. The molecular weight excluding hydrogens is 427 g/mol. The largest absolute Gasteiger partial charge is 0.368 e. The quantitative estimate of drug-likeness (QED) is 0.590. The van der Waals surface area contributed by atoms with Gasteiger partial charge in [0.15, 0.2) is 0 Å². The number of amides is 1. The Morgan fingerprint density at radius 3 is 2.40 bits per heavy atom. The fourth-order valence-corrected chi connectivity index (χ4v) is 2.38. The second-order valence-electron chi connectivity index (χ2n) is 5.56. The zero-order valence-corrected chi connectivity index (χ0v) is 17.3. The molecule has 1 aromatic carbocycles. The fourth-order valence-electron chi connectivity index (χ4n) is 2.12. The van der Waals surface area contributed by atoms with E-state index in [-0.39, 0.29) is 30.7 Å². The highest BCUT2D eigenvalue weighted by Gasteiger charge is 2.29. The van der Waals surface area contributed by atoms with E-state index in [0.717, 1.165) is 21.5 Å². The van der Waals surface area contributed by atoms with Gasteiger partial charge in [0.25, 0.3) is 0 Å². The zero-order valence-electron chi connectivity index (χ0n) is 14.1. The molecule has 0 saturated heterocycles. The molecule has 4 N–H and O–H groups in total. The summed E-state index contributed by atoms with van der Waals surface area (Å²) in [6.07, 6.45) is 0. The van der Waals surface area contributed by atoms with Crippen LogP contribution in [0.5, 0.6) is 0 Å². The lowest BCUT2D eigenvalue weighted by atomic mass is 9.92. The van der Waals surface area contributed by atoms with E-state index in [2.05, 4.69) is 31.5 Å². The second kappa shape index (κ2) is 10.6. The summed E-state index contributed by atoms with van der Waals surface area (Å²) in [4.78, 5) is 16.7. The van der Waals surface area contributed by atoms with Crippen molar-refractivity contribution in [3.63, 3.8) is 0 Å². The Morgan fingerprint density at radius 1 is 1.16 bits per heavy atom. The number of hydrogen-bond acceptors (Lipinski definition) is 4. The first-order chi connectivity index (χ1) is 10.9. The van der Waals surface area contributed by atoms with Gasteiger partial charge in [-0.25, -0.2) is 4.98 Å². The van der Waals surface area contributed by atoms with E-state index in [4.69, 9.17) is 5.73 Å². The zero-order chi connectivity index (χ0) is 16.9. The maximum atomic E-state index is 12.3. The van der Waals surface area contributed by atoms with E-state index >= 15 is 0 Å². The molecule has 138 valence electrons. The van der Waals surface area contributed by atoms with Gasteiger partial charge in [-0.15, -0.1) is 24.8 Å². The SMILES string of the molecule is Cc1cccc(NCCNC(=O)C(C)(N)c2ccc(Br)cc2)n1.Cl.Cl. The van der Waals surface area contributed by atoms with Gasteiger partial charge in [0.05, 0.1) is 0 Å². The lowest BCUT2D eigenvalue weighted by molar-refractivity contribution is -0.126. The standard InChI is InChI=1S/C17H21BrN4O.2ClH/c1-12-4-3-5-15(22-12)20-10-11-21-16(23)17(2,19)13-6-8-14(18)9-7-13;;/h3-9H,10-11,19H2,1-2H3,(H,20,22)(H,21,23);2*1H. The number of aryl methyl sites for hydroxylation is 1. The first-order valence-corrected chi connectivity index (χ1v) is 8.19. The van der Waals surface area contributed by atoms with Crippen molar-refractivity contribution in [1.82, 2.24) is 10.3 Å². The van der Waals surface area contributed by atoms with Crippen molar-refractivity contribution in [2.45, 2.75) is 19.4 Å². The first-order valence-electron chi connectivity index (χ1n) is 7.40. The van der Waals surface area contributed by atoms with Gasteiger partial charge in [-0.3, -0.25) is 4.79 Å². The minimum atomic E-state index is -1.07. The number of carbonyl (C=O) groups is 1. The Labute approximate surface area is 169 Å². The molecule has 0 radical (unpaired) electrons. The summed E-state index contributed by atoms with van der Waals surface area (Å²) in [5, 5.41) is 6.02. The molecule has 1 atom stereocenters. The van der Waals surface area contributed by atoms with Crippen LogP contribution in [0.2, 0.25) is 0 Å². The number of hydrogen-bond donors (Lipinski definition) is 3. The summed E-state index contributed by atoms with van der Waals surface area (Å²) in [6.45, 7) is 4.70. The number of nitrogens with zero attached hydrogens (tertiary/aromatic N) is 1. The van der Waals surface area contributed by atoms with Crippen molar-refractivity contribution in [1.29, 1.82) is 0 Å². The molecule has 0 aliphatic carbocycles. The predicted molar refractivity (Wildman–Crippen MR) is 111 cm³/mol. The molecule has 0 aliphatic heterocycles. The summed E-state index contributed by atoms with van der Waals surface area (Å²) >= 11 is 3.37. The lowest BCUT2D eigenvalue weighted by Gasteiger charge is -2.24. The third kappa shape index (κ3) is 6.82. The van der Waals surface area contributed by atoms with Gasteiger partial charge in [0.2, 0.25) is 5.91 Å². The number of nitrogens with two attached hydrogens (primary N) is 1. The van der Waals surface area contributed by atoms with Crippen LogP contribution in [-0.2, 0) is 10.3 Å². The van der Waals surface area contributed by atoms with E-state index < -0.39 is 5.54 Å². The van der Waals surface area contributed by atoms with Crippen molar-refractivity contribution in [3.05, 3.63) is 58.2 Å². The van der Waals surface area contributed by atoms with Crippen molar-refractivity contribution in [3.8, 4) is 0 Å². The number of halogens is 3. The Balaban J connectivity index is 0.00000288. The van der Waals surface area contributed by atoms with Crippen LogP contribution in [0.3, 0.4) is 0 Å². The Kier molecular flexibility index (Phi) is 10.0. The van der Waals surface area contributed by atoms with Crippen LogP contribution in [0.1, 0.15) is 18.2 Å². The lowest BCUT2D eigenvalue weighted by Crippen LogP contribution is -2.49. The third-order valence-electron chi connectivity index (χ3n) is 3.52. The molecule has 0 aliphatic rings. The fraction of sp³-hybridized carbons (Fsp3) is 0.294. The molecule has 2 rings (SSSR count). The van der Waals surface area contributed by atoms with E-state index in [9.17, 15) is 4.79 Å². The Bertz CT molecular complexity index is 681. The molecule has 0 spiro atoms. The van der Waals surface area contributed by atoms with Gasteiger partial charge < -0.3 is 16.4 Å². The van der Waals surface area contributed by atoms with E-state index in [1.165, 1.54) is 0 Å². The average molecular weight is 450 g/mol. The monoisotopic (exact) mass is 448 g/mol. The first kappa shape index (κ1) is 23.7. The minimum Gasteiger partial charge on any atom is -0.368 e. The van der Waals surface area contributed by atoms with Gasteiger partial charge in [0, 0.05) is 23.3 Å². The summed E-state index contributed by atoms with van der Waals surface area (Å²) in [7, 11) is 0. The molecule has 0 saturated carbocycles. The van der Waals surface area contributed by atoms with Gasteiger partial charge >= 0.3 is 0 Å². The van der Waals surface area contributed by atoms with Crippen molar-refractivity contribution in [2.75, 3.05) is 18.4 Å². The molecule has 1 amide bonds. The van der Waals surface area contributed by atoms with Crippen molar-refractivity contribution in [2.24, 2.45) is 5.73 Å². The maximum Gasteiger partial charge on any atom is 0.244 e. The van der Waals surface area contributed by atoms with Crippen LogP contribution >= 0.6 is 40.7 Å². The number of pyridine rings is 1. The summed E-state index contributed by atoms with van der Waals surface area (Å²) in [5.74, 6) is 0.585. The smallest absolute Gasteiger partial charge is 0.244 e. The topological polar surface area (TPSA) is 80.0 Å². The Hall–Kier alpha value is -1.34. The minimum absolute atomic E-state index is 0. The third-order valence-corrected chi connectivity index (χ3v) is 4.05. The molecule has 0 fully saturated rings. The van der Waals surface area contributed by atoms with Gasteiger partial charge in [-0.05, 0) is 43.7 Å². The van der Waals surface area contributed by atoms with Gasteiger partial charge in [0.1, 0.15) is 11.4 Å². The summed E-state index contributed by atoms with van der Waals surface area (Å²) < 4.78 is 0.951. The van der Waals surface area contributed by atoms with Gasteiger partial charge in [-0.1, -0.05) is 34.1 Å². The normalized spacial score (nSPS) is 12.2. The molecular formula is C17H23BrCl2N4O. The highest BCUT2D eigenvalue weighted by molar-refractivity contribution is 9.10. The predicted octanol–water partition coefficient (Wildman–Crippen LogP) is 3.40. The van der Waals surface area contributed by atoms with Crippen molar-refractivity contribution < 1.29 is 4.79 Å². The van der Waals surface area contributed by atoms with E-state index in [1.54, 1.807) is 6.92 Å². The van der Waals surface area contributed by atoms with Crippen LogP contribution in [0, 0.1) is 6.92 Å². The Morgan fingerprint density at radius 2 is 1.80 bits per heavy atom. The highest BCUT2D eigenvalue weighted by atomic mass is 79.9. The average Bonchev–Trinajstić information content (AvgIpc) is 2.52. The molecule has 8 heteroatoms. The molecule has 5 nitrogen and oxygen atoms in total. The van der Waals surface area contributed by atoms with E-state index in [1.807, 2.05) is 49.4 Å². The van der Waals surface area contributed by atoms with Crippen LogP contribution in [-0.4, -0.2) is 24.0 Å². The van der Waals surface area contributed by atoms with Crippen LogP contribution < -0.4 is 16.4 Å². The second-order valence-corrected chi connectivity index (χ2v) is 6.47. The molecule has 25 heavy (non-hydrogen) atoms. The number of carbonyl (C=O) groups excluding carboxylic acids is 1. The van der Waals surface area contributed by atoms with Crippen molar-refractivity contribution >= 4 is 52.5 Å². The number of rotatable bonds is 6. The van der Waals surface area contributed by atoms with E-state index in [0.29, 0.717) is 13.1 Å². The summed E-state index contributed by atoms with van der Waals surface area (Å²) in [6, 6.07) is 13.2. The van der Waals surface area contributed by atoms with Crippen LogP contribution in [0.4, 0.5) is 5.82 Å². The number of anilines is 1. The molecule has 1 unspecified atom stereocenters. The highest BCUT2D eigenvalue weighted by Crippen LogP contribution is 2.20. The maximum absolute atomic E-state index is 12.3. The number of nitrogens with one attached hydrogen (secondary N) is 2.